The number of amides is 2. The van der Waals surface area contributed by atoms with Gasteiger partial charge in [0.25, 0.3) is 5.91 Å². The van der Waals surface area contributed by atoms with E-state index >= 15 is 0 Å². The van der Waals surface area contributed by atoms with Gasteiger partial charge >= 0.3 is 0 Å². The molecule has 8 heteroatoms. The lowest BCUT2D eigenvalue weighted by molar-refractivity contribution is -0.120. The number of fused-ring (bicyclic) bond motifs is 1. The molecule has 1 aromatic heterocycles. The Morgan fingerprint density at radius 3 is 2.39 bits per heavy atom. The maximum Gasteiger partial charge on any atom is 0.255 e. The van der Waals surface area contributed by atoms with Crippen LogP contribution in [0.1, 0.15) is 39.8 Å². The van der Waals surface area contributed by atoms with Crippen LogP contribution in [0.4, 0.5) is 8.78 Å². The summed E-state index contributed by atoms with van der Waals surface area (Å²) in [6.07, 6.45) is 0.554. The summed E-state index contributed by atoms with van der Waals surface area (Å²) in [5.41, 5.74) is 2.54. The molecular formula is C23H20F2N4O2. The highest BCUT2D eigenvalue weighted by atomic mass is 19.1. The third-order valence-corrected chi connectivity index (χ3v) is 5.02. The van der Waals surface area contributed by atoms with Crippen LogP contribution in [0.3, 0.4) is 0 Å². The zero-order valence-electron chi connectivity index (χ0n) is 16.8. The van der Waals surface area contributed by atoms with Gasteiger partial charge in [-0.25, -0.2) is 18.7 Å². The molecule has 6 nitrogen and oxygen atoms in total. The van der Waals surface area contributed by atoms with Gasteiger partial charge in [0.15, 0.2) is 5.82 Å². The van der Waals surface area contributed by atoms with E-state index in [0.717, 1.165) is 23.3 Å². The maximum absolute atomic E-state index is 14.3. The third kappa shape index (κ3) is 4.28. The molecule has 0 saturated carbocycles. The first-order valence-electron chi connectivity index (χ1n) is 9.93. The Morgan fingerprint density at radius 2 is 1.71 bits per heavy atom. The summed E-state index contributed by atoms with van der Waals surface area (Å²) in [6.45, 7) is 2.61. The van der Waals surface area contributed by atoms with Gasteiger partial charge in [0.05, 0.1) is 35.5 Å². The van der Waals surface area contributed by atoms with Gasteiger partial charge in [-0.1, -0.05) is 30.3 Å². The number of halogens is 2. The van der Waals surface area contributed by atoms with Crippen molar-refractivity contribution >= 4 is 11.8 Å². The number of likely N-dealkylation sites (N-methyl/N-ethyl adjacent to an activating group) is 1. The van der Waals surface area contributed by atoms with E-state index in [1.165, 1.54) is 6.07 Å². The number of benzene rings is 2. The SMILES string of the molecule is CCNC(=O)Cc1ccc(Cc2nc(-c3c(F)cccc3F)nc3c2C(=O)NC3)cc1. The molecule has 2 N–H and O–H groups in total. The maximum atomic E-state index is 14.3. The summed E-state index contributed by atoms with van der Waals surface area (Å²) in [4.78, 5) is 32.7. The molecule has 0 fully saturated rings. The van der Waals surface area contributed by atoms with Crippen molar-refractivity contribution in [2.24, 2.45) is 0 Å². The standard InChI is InChI=1S/C23H20F2N4O2/c1-2-26-19(30)11-14-8-6-13(7-9-14)10-17-21-18(12-27-23(21)31)29-22(28-17)20-15(24)4-3-5-16(20)25/h3-9H,2,10-12H2,1H3,(H,26,30)(H,27,31). The smallest absolute Gasteiger partial charge is 0.255 e. The van der Waals surface area contributed by atoms with Gasteiger partial charge < -0.3 is 10.6 Å². The van der Waals surface area contributed by atoms with E-state index in [2.05, 4.69) is 20.6 Å². The molecule has 31 heavy (non-hydrogen) atoms. The Labute approximate surface area is 177 Å². The van der Waals surface area contributed by atoms with Crippen LogP contribution in [0, 0.1) is 11.6 Å². The van der Waals surface area contributed by atoms with Gasteiger partial charge in [-0.05, 0) is 30.2 Å². The number of hydrogen-bond acceptors (Lipinski definition) is 4. The highest BCUT2D eigenvalue weighted by molar-refractivity contribution is 5.99. The zero-order valence-corrected chi connectivity index (χ0v) is 16.8. The lowest BCUT2D eigenvalue weighted by atomic mass is 10.0. The molecular weight excluding hydrogens is 402 g/mol. The molecule has 2 heterocycles. The molecule has 3 aromatic rings. The number of carbonyl (C=O) groups is 2. The van der Waals surface area contributed by atoms with Crippen LogP contribution in [-0.2, 0) is 24.2 Å². The molecule has 0 atom stereocenters. The number of nitrogens with one attached hydrogen (secondary N) is 2. The monoisotopic (exact) mass is 422 g/mol. The van der Waals surface area contributed by atoms with E-state index in [9.17, 15) is 18.4 Å². The van der Waals surface area contributed by atoms with Gasteiger partial charge in [0, 0.05) is 13.0 Å². The van der Waals surface area contributed by atoms with Crippen molar-refractivity contribution in [3.05, 3.63) is 82.2 Å². The minimum atomic E-state index is -0.766. The molecule has 0 radical (unpaired) electrons. The second kappa shape index (κ2) is 8.59. The Bertz CT molecular complexity index is 1140. The summed E-state index contributed by atoms with van der Waals surface area (Å²) in [5.74, 6) is -1.99. The summed E-state index contributed by atoms with van der Waals surface area (Å²) >= 11 is 0. The van der Waals surface area contributed by atoms with Crippen molar-refractivity contribution < 1.29 is 18.4 Å². The molecule has 158 valence electrons. The van der Waals surface area contributed by atoms with Crippen LogP contribution in [-0.4, -0.2) is 28.3 Å². The van der Waals surface area contributed by atoms with Gasteiger partial charge in [0.1, 0.15) is 11.6 Å². The fourth-order valence-electron chi connectivity index (χ4n) is 3.57. The Kier molecular flexibility index (Phi) is 5.70. The second-order valence-electron chi connectivity index (χ2n) is 7.22. The Balaban J connectivity index is 1.67. The molecule has 0 aliphatic carbocycles. The quantitative estimate of drug-likeness (QED) is 0.640. The molecule has 1 aliphatic rings. The average molecular weight is 422 g/mol. The van der Waals surface area contributed by atoms with Gasteiger partial charge in [-0.3, -0.25) is 9.59 Å². The molecule has 0 unspecified atom stereocenters. The van der Waals surface area contributed by atoms with Crippen LogP contribution in [0.25, 0.3) is 11.4 Å². The lowest BCUT2D eigenvalue weighted by Gasteiger charge is -2.11. The Hall–Kier alpha value is -3.68. The average Bonchev–Trinajstić information content (AvgIpc) is 3.11. The summed E-state index contributed by atoms with van der Waals surface area (Å²) in [6, 6.07) is 10.9. The summed E-state index contributed by atoms with van der Waals surface area (Å²) in [7, 11) is 0. The van der Waals surface area contributed by atoms with Crippen molar-refractivity contribution in [1.82, 2.24) is 20.6 Å². The van der Waals surface area contributed by atoms with Crippen LogP contribution < -0.4 is 10.6 Å². The molecule has 0 bridgehead atoms. The van der Waals surface area contributed by atoms with Gasteiger partial charge in [0.2, 0.25) is 5.91 Å². The largest absolute Gasteiger partial charge is 0.356 e. The Morgan fingerprint density at radius 1 is 1.03 bits per heavy atom. The topological polar surface area (TPSA) is 84.0 Å². The van der Waals surface area contributed by atoms with Crippen molar-refractivity contribution in [2.45, 2.75) is 26.3 Å². The number of carbonyl (C=O) groups excluding carboxylic acids is 2. The van der Waals surface area contributed by atoms with E-state index in [1.807, 2.05) is 31.2 Å². The molecule has 0 spiro atoms. The third-order valence-electron chi connectivity index (χ3n) is 5.02. The number of aromatic nitrogens is 2. The first-order chi connectivity index (χ1) is 15.0. The zero-order chi connectivity index (χ0) is 22.0. The minimum absolute atomic E-state index is 0.0582. The van der Waals surface area contributed by atoms with E-state index in [4.69, 9.17) is 0 Å². The predicted molar refractivity (Wildman–Crippen MR) is 110 cm³/mol. The fourth-order valence-corrected chi connectivity index (χ4v) is 3.57. The van der Waals surface area contributed by atoms with E-state index in [1.54, 1.807) is 0 Å². The molecule has 2 amide bonds. The van der Waals surface area contributed by atoms with Crippen LogP contribution in [0.2, 0.25) is 0 Å². The first-order valence-corrected chi connectivity index (χ1v) is 9.93. The van der Waals surface area contributed by atoms with Crippen LogP contribution in [0.5, 0.6) is 0 Å². The summed E-state index contributed by atoms with van der Waals surface area (Å²) in [5, 5.41) is 5.44. The highest BCUT2D eigenvalue weighted by Gasteiger charge is 2.28. The second-order valence-corrected chi connectivity index (χ2v) is 7.22. The lowest BCUT2D eigenvalue weighted by Crippen LogP contribution is -2.24. The van der Waals surface area contributed by atoms with Gasteiger partial charge in [-0.2, -0.15) is 0 Å². The van der Waals surface area contributed by atoms with E-state index in [-0.39, 0.29) is 42.6 Å². The van der Waals surface area contributed by atoms with Crippen LogP contribution in [0.15, 0.2) is 42.5 Å². The molecule has 2 aromatic carbocycles. The number of hydrogen-bond donors (Lipinski definition) is 2. The first kappa shape index (κ1) is 20.6. The predicted octanol–water partition coefficient (Wildman–Crippen LogP) is 2.93. The van der Waals surface area contributed by atoms with Crippen molar-refractivity contribution in [3.8, 4) is 11.4 Å². The van der Waals surface area contributed by atoms with Crippen molar-refractivity contribution in [3.63, 3.8) is 0 Å². The molecule has 4 rings (SSSR count). The van der Waals surface area contributed by atoms with E-state index in [0.29, 0.717) is 23.5 Å². The van der Waals surface area contributed by atoms with Gasteiger partial charge in [-0.15, -0.1) is 0 Å². The summed E-state index contributed by atoms with van der Waals surface area (Å²) < 4.78 is 28.6. The minimum Gasteiger partial charge on any atom is -0.356 e. The van der Waals surface area contributed by atoms with Crippen LogP contribution >= 0.6 is 0 Å². The number of rotatable bonds is 6. The molecule has 1 aliphatic heterocycles. The normalized spacial score (nSPS) is 12.4. The van der Waals surface area contributed by atoms with Crippen molar-refractivity contribution in [1.29, 1.82) is 0 Å². The number of nitrogens with zero attached hydrogens (tertiary/aromatic N) is 2. The highest BCUT2D eigenvalue weighted by Crippen LogP contribution is 2.27. The van der Waals surface area contributed by atoms with E-state index < -0.39 is 11.6 Å². The molecule has 0 saturated heterocycles. The van der Waals surface area contributed by atoms with Crippen molar-refractivity contribution in [2.75, 3.05) is 6.54 Å². The fraction of sp³-hybridized carbons (Fsp3) is 0.217.